The number of rotatable bonds is 4. The molecule has 0 radical (unpaired) electrons. The molecule has 0 fully saturated rings. The van der Waals surface area contributed by atoms with Gasteiger partial charge >= 0.3 is 0 Å². The molecule has 5 nitrogen and oxygen atoms in total. The molecular formula is C12H17N5. The first-order valence-electron chi connectivity index (χ1n) is 5.74. The van der Waals surface area contributed by atoms with Gasteiger partial charge in [0.25, 0.3) is 0 Å². The van der Waals surface area contributed by atoms with Crippen LogP contribution in [0.15, 0.2) is 18.5 Å². The van der Waals surface area contributed by atoms with E-state index in [0.29, 0.717) is 5.82 Å². The zero-order valence-corrected chi connectivity index (χ0v) is 10.4. The lowest BCUT2D eigenvalue weighted by molar-refractivity contribution is 0.703. The van der Waals surface area contributed by atoms with Crippen molar-refractivity contribution in [1.29, 1.82) is 0 Å². The molecule has 0 bridgehead atoms. The summed E-state index contributed by atoms with van der Waals surface area (Å²) >= 11 is 0. The Morgan fingerprint density at radius 1 is 1.41 bits per heavy atom. The average Bonchev–Trinajstić information content (AvgIpc) is 2.75. The molecule has 2 aromatic heterocycles. The molecule has 2 aromatic rings. The molecule has 0 amide bonds. The van der Waals surface area contributed by atoms with Crippen LogP contribution in [0.3, 0.4) is 0 Å². The molecule has 0 aliphatic carbocycles. The molecule has 0 atom stereocenters. The van der Waals surface area contributed by atoms with Crippen LogP contribution in [0, 0.1) is 6.92 Å². The molecule has 90 valence electrons. The van der Waals surface area contributed by atoms with E-state index in [0.717, 1.165) is 30.0 Å². The van der Waals surface area contributed by atoms with Crippen molar-refractivity contribution in [3.05, 3.63) is 29.7 Å². The van der Waals surface area contributed by atoms with E-state index in [1.165, 1.54) is 0 Å². The SMILES string of the molecule is CCNCc1nc(-c2ccn(C)n2)ncc1C. The minimum Gasteiger partial charge on any atom is -0.311 e. The summed E-state index contributed by atoms with van der Waals surface area (Å²) in [5, 5.41) is 7.58. The number of aryl methyl sites for hydroxylation is 2. The Hall–Kier alpha value is -1.75. The summed E-state index contributed by atoms with van der Waals surface area (Å²) in [5.74, 6) is 0.684. The van der Waals surface area contributed by atoms with Gasteiger partial charge in [0.15, 0.2) is 5.82 Å². The third-order valence-electron chi connectivity index (χ3n) is 2.56. The molecule has 0 saturated carbocycles. The Morgan fingerprint density at radius 2 is 2.24 bits per heavy atom. The number of hydrogen-bond acceptors (Lipinski definition) is 4. The molecule has 0 aliphatic heterocycles. The van der Waals surface area contributed by atoms with E-state index in [1.54, 1.807) is 4.68 Å². The first kappa shape index (κ1) is 11.7. The van der Waals surface area contributed by atoms with Gasteiger partial charge in [0, 0.05) is 26.0 Å². The van der Waals surface area contributed by atoms with Gasteiger partial charge in [-0.1, -0.05) is 6.92 Å². The Kier molecular flexibility index (Phi) is 3.49. The Labute approximate surface area is 101 Å². The van der Waals surface area contributed by atoms with Crippen LogP contribution in [0.4, 0.5) is 0 Å². The van der Waals surface area contributed by atoms with Crippen molar-refractivity contribution in [3.63, 3.8) is 0 Å². The van der Waals surface area contributed by atoms with Crippen molar-refractivity contribution in [1.82, 2.24) is 25.1 Å². The normalized spacial score (nSPS) is 10.8. The van der Waals surface area contributed by atoms with Gasteiger partial charge in [-0.25, -0.2) is 9.97 Å². The highest BCUT2D eigenvalue weighted by Gasteiger charge is 2.07. The highest BCUT2D eigenvalue weighted by atomic mass is 15.3. The quantitative estimate of drug-likeness (QED) is 0.861. The van der Waals surface area contributed by atoms with Gasteiger partial charge < -0.3 is 5.32 Å². The molecule has 0 spiro atoms. The number of aromatic nitrogens is 4. The molecule has 17 heavy (non-hydrogen) atoms. The van der Waals surface area contributed by atoms with Gasteiger partial charge in [0.05, 0.1) is 5.69 Å². The summed E-state index contributed by atoms with van der Waals surface area (Å²) < 4.78 is 1.75. The summed E-state index contributed by atoms with van der Waals surface area (Å²) in [4.78, 5) is 8.86. The fourth-order valence-electron chi connectivity index (χ4n) is 1.56. The first-order chi connectivity index (χ1) is 8.20. The zero-order valence-electron chi connectivity index (χ0n) is 10.4. The number of nitrogens with one attached hydrogen (secondary N) is 1. The van der Waals surface area contributed by atoms with Gasteiger partial charge in [0.2, 0.25) is 0 Å². The third kappa shape index (κ3) is 2.68. The van der Waals surface area contributed by atoms with Crippen molar-refractivity contribution < 1.29 is 0 Å². The number of nitrogens with zero attached hydrogens (tertiary/aromatic N) is 4. The lowest BCUT2D eigenvalue weighted by Crippen LogP contribution is -2.14. The van der Waals surface area contributed by atoms with Crippen LogP contribution in [-0.4, -0.2) is 26.3 Å². The third-order valence-corrected chi connectivity index (χ3v) is 2.56. The van der Waals surface area contributed by atoms with E-state index in [-0.39, 0.29) is 0 Å². The molecular weight excluding hydrogens is 214 g/mol. The maximum atomic E-state index is 4.54. The summed E-state index contributed by atoms with van der Waals surface area (Å²) in [6, 6.07) is 1.92. The van der Waals surface area contributed by atoms with Crippen molar-refractivity contribution in [2.45, 2.75) is 20.4 Å². The molecule has 2 heterocycles. The zero-order chi connectivity index (χ0) is 12.3. The van der Waals surface area contributed by atoms with Gasteiger partial charge in [-0.3, -0.25) is 4.68 Å². The van der Waals surface area contributed by atoms with Crippen molar-refractivity contribution in [2.24, 2.45) is 7.05 Å². The van der Waals surface area contributed by atoms with Crippen LogP contribution in [0.25, 0.3) is 11.5 Å². The van der Waals surface area contributed by atoms with E-state index in [1.807, 2.05) is 32.4 Å². The van der Waals surface area contributed by atoms with Gasteiger partial charge in [-0.15, -0.1) is 0 Å². The fourth-order valence-corrected chi connectivity index (χ4v) is 1.56. The second kappa shape index (κ2) is 5.05. The predicted molar refractivity (Wildman–Crippen MR) is 66.4 cm³/mol. The molecule has 0 aliphatic rings. The van der Waals surface area contributed by atoms with Gasteiger partial charge in [0.1, 0.15) is 5.69 Å². The highest BCUT2D eigenvalue weighted by molar-refractivity contribution is 5.48. The minimum atomic E-state index is 0.684. The average molecular weight is 231 g/mol. The monoisotopic (exact) mass is 231 g/mol. The van der Waals surface area contributed by atoms with Crippen LogP contribution in [0.1, 0.15) is 18.2 Å². The molecule has 0 saturated heterocycles. The van der Waals surface area contributed by atoms with Crippen molar-refractivity contribution in [2.75, 3.05) is 6.54 Å². The topological polar surface area (TPSA) is 55.6 Å². The lowest BCUT2D eigenvalue weighted by Gasteiger charge is -2.06. The lowest BCUT2D eigenvalue weighted by atomic mass is 10.2. The second-order valence-corrected chi connectivity index (χ2v) is 3.98. The van der Waals surface area contributed by atoms with E-state index in [4.69, 9.17) is 0 Å². The van der Waals surface area contributed by atoms with Gasteiger partial charge in [-0.2, -0.15) is 5.10 Å². The first-order valence-corrected chi connectivity index (χ1v) is 5.74. The molecule has 0 aromatic carbocycles. The van der Waals surface area contributed by atoms with E-state index in [9.17, 15) is 0 Å². The number of hydrogen-bond donors (Lipinski definition) is 1. The summed E-state index contributed by atoms with van der Waals surface area (Å²) in [6.07, 6.45) is 3.74. The van der Waals surface area contributed by atoms with Crippen LogP contribution >= 0.6 is 0 Å². The van der Waals surface area contributed by atoms with Crippen LogP contribution in [0.2, 0.25) is 0 Å². The Balaban J connectivity index is 2.30. The molecule has 0 unspecified atom stereocenters. The van der Waals surface area contributed by atoms with Crippen LogP contribution in [0.5, 0.6) is 0 Å². The van der Waals surface area contributed by atoms with Gasteiger partial charge in [-0.05, 0) is 25.1 Å². The highest BCUT2D eigenvalue weighted by Crippen LogP contribution is 2.13. The fraction of sp³-hybridized carbons (Fsp3) is 0.417. The second-order valence-electron chi connectivity index (χ2n) is 3.98. The molecule has 1 N–H and O–H groups in total. The van der Waals surface area contributed by atoms with E-state index in [2.05, 4.69) is 27.3 Å². The van der Waals surface area contributed by atoms with Crippen molar-refractivity contribution >= 4 is 0 Å². The predicted octanol–water partition coefficient (Wildman–Crippen LogP) is 1.30. The maximum Gasteiger partial charge on any atom is 0.180 e. The van der Waals surface area contributed by atoms with Crippen LogP contribution in [-0.2, 0) is 13.6 Å². The van der Waals surface area contributed by atoms with E-state index < -0.39 is 0 Å². The summed E-state index contributed by atoms with van der Waals surface area (Å²) in [6.45, 7) is 5.80. The standard InChI is InChI=1S/C12H17N5/c1-4-13-8-11-9(2)7-14-12(15-11)10-5-6-17(3)16-10/h5-7,13H,4,8H2,1-3H3. The smallest absolute Gasteiger partial charge is 0.180 e. The molecule has 2 rings (SSSR count). The Morgan fingerprint density at radius 3 is 2.88 bits per heavy atom. The minimum absolute atomic E-state index is 0.684. The summed E-state index contributed by atoms with van der Waals surface area (Å²) in [5.41, 5.74) is 2.94. The van der Waals surface area contributed by atoms with Crippen molar-refractivity contribution in [3.8, 4) is 11.5 Å². The summed E-state index contributed by atoms with van der Waals surface area (Å²) in [7, 11) is 1.89. The van der Waals surface area contributed by atoms with E-state index >= 15 is 0 Å². The maximum absolute atomic E-state index is 4.54. The largest absolute Gasteiger partial charge is 0.311 e. The Bertz CT molecular complexity index is 503. The van der Waals surface area contributed by atoms with Crippen LogP contribution < -0.4 is 5.32 Å². The molecule has 5 heteroatoms.